The van der Waals surface area contributed by atoms with Gasteiger partial charge in [-0.25, -0.2) is 0 Å². The third kappa shape index (κ3) is 2.95. The number of benzene rings is 1. The van der Waals surface area contributed by atoms with Crippen LogP contribution in [0, 0.1) is 0 Å². The molecular formula is C10H11ClN2O2. The van der Waals surface area contributed by atoms with E-state index in [1.165, 1.54) is 6.92 Å². The molecular weight excluding hydrogens is 216 g/mol. The maximum atomic E-state index is 11.6. The summed E-state index contributed by atoms with van der Waals surface area (Å²) in [5, 5.41) is 2.78. The van der Waals surface area contributed by atoms with Crippen LogP contribution >= 0.6 is 11.6 Å². The number of hydrogen-bond acceptors (Lipinski definition) is 2. The van der Waals surface area contributed by atoms with Crippen LogP contribution in [-0.2, 0) is 4.79 Å². The molecule has 15 heavy (non-hydrogen) atoms. The molecule has 0 saturated heterocycles. The lowest BCUT2D eigenvalue weighted by Gasteiger charge is -2.10. The molecule has 0 aliphatic carbocycles. The molecule has 80 valence electrons. The van der Waals surface area contributed by atoms with Gasteiger partial charge < -0.3 is 11.1 Å². The van der Waals surface area contributed by atoms with Crippen LogP contribution in [0.4, 0.5) is 0 Å². The van der Waals surface area contributed by atoms with E-state index in [0.29, 0.717) is 10.6 Å². The zero-order chi connectivity index (χ0) is 11.4. The number of rotatable bonds is 3. The highest BCUT2D eigenvalue weighted by molar-refractivity contribution is 6.33. The molecule has 0 aliphatic heterocycles. The van der Waals surface area contributed by atoms with Gasteiger partial charge in [0.15, 0.2) is 0 Å². The number of nitrogens with one attached hydrogen (secondary N) is 1. The number of halogens is 1. The van der Waals surface area contributed by atoms with Crippen molar-refractivity contribution >= 4 is 23.4 Å². The zero-order valence-corrected chi connectivity index (χ0v) is 8.91. The van der Waals surface area contributed by atoms with Gasteiger partial charge >= 0.3 is 0 Å². The van der Waals surface area contributed by atoms with Gasteiger partial charge in [0.2, 0.25) is 5.91 Å². The molecule has 0 spiro atoms. The summed E-state index contributed by atoms with van der Waals surface area (Å²) in [5.41, 5.74) is 5.34. The molecule has 0 radical (unpaired) electrons. The van der Waals surface area contributed by atoms with Gasteiger partial charge in [-0.3, -0.25) is 9.59 Å². The Morgan fingerprint density at radius 3 is 2.53 bits per heavy atom. The summed E-state index contributed by atoms with van der Waals surface area (Å²) in [4.78, 5) is 22.3. The van der Waals surface area contributed by atoms with Crippen LogP contribution in [-0.4, -0.2) is 17.9 Å². The summed E-state index contributed by atoms with van der Waals surface area (Å²) in [5.74, 6) is -0.998. The Morgan fingerprint density at radius 1 is 1.40 bits per heavy atom. The van der Waals surface area contributed by atoms with Gasteiger partial charge in [0.1, 0.15) is 6.04 Å². The maximum Gasteiger partial charge on any atom is 0.253 e. The second kappa shape index (κ2) is 4.79. The average molecular weight is 227 g/mol. The largest absolute Gasteiger partial charge is 0.368 e. The van der Waals surface area contributed by atoms with Crippen LogP contribution in [0.3, 0.4) is 0 Å². The highest BCUT2D eigenvalue weighted by Gasteiger charge is 2.15. The summed E-state index contributed by atoms with van der Waals surface area (Å²) in [6, 6.07) is 5.87. The lowest BCUT2D eigenvalue weighted by Crippen LogP contribution is -2.42. The lowest BCUT2D eigenvalue weighted by molar-refractivity contribution is -0.119. The minimum Gasteiger partial charge on any atom is -0.368 e. The molecule has 0 aromatic heterocycles. The summed E-state index contributed by atoms with van der Waals surface area (Å²) in [6.07, 6.45) is 0. The van der Waals surface area contributed by atoms with Gasteiger partial charge in [-0.1, -0.05) is 23.7 Å². The monoisotopic (exact) mass is 226 g/mol. The van der Waals surface area contributed by atoms with Crippen molar-refractivity contribution in [3.63, 3.8) is 0 Å². The van der Waals surface area contributed by atoms with E-state index >= 15 is 0 Å². The Bertz CT molecular complexity index is 393. The number of nitrogens with two attached hydrogens (primary N) is 1. The first kappa shape index (κ1) is 11.5. The van der Waals surface area contributed by atoms with Gasteiger partial charge in [0.25, 0.3) is 5.91 Å². The first-order valence-electron chi connectivity index (χ1n) is 4.37. The van der Waals surface area contributed by atoms with E-state index in [4.69, 9.17) is 17.3 Å². The van der Waals surface area contributed by atoms with Crippen molar-refractivity contribution < 1.29 is 9.59 Å². The van der Waals surface area contributed by atoms with Crippen LogP contribution in [0.2, 0.25) is 5.02 Å². The molecule has 1 aromatic rings. The van der Waals surface area contributed by atoms with Crippen LogP contribution in [0.5, 0.6) is 0 Å². The molecule has 1 atom stereocenters. The predicted molar refractivity (Wildman–Crippen MR) is 57.6 cm³/mol. The summed E-state index contributed by atoms with van der Waals surface area (Å²) in [7, 11) is 0. The molecule has 2 amide bonds. The molecule has 1 unspecified atom stereocenters. The van der Waals surface area contributed by atoms with E-state index in [2.05, 4.69) is 5.32 Å². The first-order valence-corrected chi connectivity index (χ1v) is 4.75. The topological polar surface area (TPSA) is 72.2 Å². The third-order valence-electron chi connectivity index (χ3n) is 1.89. The minimum atomic E-state index is -0.714. The molecule has 1 aromatic carbocycles. The fourth-order valence-corrected chi connectivity index (χ4v) is 1.21. The van der Waals surface area contributed by atoms with Crippen molar-refractivity contribution in [3.05, 3.63) is 34.9 Å². The first-order chi connectivity index (χ1) is 7.02. The second-order valence-corrected chi connectivity index (χ2v) is 3.48. The summed E-state index contributed by atoms with van der Waals surface area (Å²) >= 11 is 5.81. The molecule has 3 N–H and O–H groups in total. The number of carbonyl (C=O) groups is 2. The summed E-state index contributed by atoms with van der Waals surface area (Å²) in [6.45, 7) is 1.51. The molecule has 0 aliphatic rings. The van der Waals surface area contributed by atoms with E-state index in [1.54, 1.807) is 24.3 Å². The Morgan fingerprint density at radius 2 is 2.00 bits per heavy atom. The van der Waals surface area contributed by atoms with Crippen molar-refractivity contribution in [1.29, 1.82) is 0 Å². The molecule has 1 rings (SSSR count). The zero-order valence-electron chi connectivity index (χ0n) is 8.16. The van der Waals surface area contributed by atoms with Gasteiger partial charge in [0, 0.05) is 0 Å². The number of hydrogen-bond donors (Lipinski definition) is 2. The lowest BCUT2D eigenvalue weighted by atomic mass is 10.2. The summed E-state index contributed by atoms with van der Waals surface area (Å²) < 4.78 is 0. The van der Waals surface area contributed by atoms with Crippen LogP contribution < -0.4 is 11.1 Å². The quantitative estimate of drug-likeness (QED) is 0.805. The Balaban J connectivity index is 2.78. The number of carbonyl (C=O) groups excluding carboxylic acids is 2. The highest BCUT2D eigenvalue weighted by atomic mass is 35.5. The number of amides is 2. The van der Waals surface area contributed by atoms with Crippen molar-refractivity contribution in [2.45, 2.75) is 13.0 Å². The minimum absolute atomic E-state index is 0.326. The predicted octanol–water partition coefficient (Wildman–Crippen LogP) is 0.944. The number of primary amides is 1. The van der Waals surface area contributed by atoms with Gasteiger partial charge in [-0.05, 0) is 19.1 Å². The Hall–Kier alpha value is -1.55. The fraction of sp³-hybridized carbons (Fsp3) is 0.200. The molecule has 0 fully saturated rings. The third-order valence-corrected chi connectivity index (χ3v) is 2.22. The molecule has 0 bridgehead atoms. The van der Waals surface area contributed by atoms with Crippen molar-refractivity contribution in [2.24, 2.45) is 5.73 Å². The fourth-order valence-electron chi connectivity index (χ4n) is 0.991. The average Bonchev–Trinajstić information content (AvgIpc) is 2.18. The van der Waals surface area contributed by atoms with Crippen LogP contribution in [0.15, 0.2) is 24.3 Å². The van der Waals surface area contributed by atoms with Crippen LogP contribution in [0.1, 0.15) is 17.3 Å². The van der Waals surface area contributed by atoms with Crippen LogP contribution in [0.25, 0.3) is 0 Å². The second-order valence-electron chi connectivity index (χ2n) is 3.08. The molecule has 4 nitrogen and oxygen atoms in total. The van der Waals surface area contributed by atoms with E-state index in [-0.39, 0.29) is 0 Å². The van der Waals surface area contributed by atoms with Crippen molar-refractivity contribution in [3.8, 4) is 0 Å². The van der Waals surface area contributed by atoms with Gasteiger partial charge in [0.05, 0.1) is 10.6 Å². The Kier molecular flexibility index (Phi) is 3.68. The van der Waals surface area contributed by atoms with E-state index in [1.807, 2.05) is 0 Å². The van der Waals surface area contributed by atoms with E-state index in [9.17, 15) is 9.59 Å². The SMILES string of the molecule is CC(NC(=O)c1ccccc1Cl)C(N)=O. The van der Waals surface area contributed by atoms with Gasteiger partial charge in [-0.2, -0.15) is 0 Å². The normalized spacial score (nSPS) is 11.9. The molecule has 0 saturated carbocycles. The maximum absolute atomic E-state index is 11.6. The highest BCUT2D eigenvalue weighted by Crippen LogP contribution is 2.14. The molecule has 0 heterocycles. The standard InChI is InChI=1S/C10H11ClN2O2/c1-6(9(12)14)13-10(15)7-4-2-3-5-8(7)11/h2-6H,1H3,(H2,12,14)(H,13,15). The van der Waals surface area contributed by atoms with E-state index < -0.39 is 17.9 Å². The van der Waals surface area contributed by atoms with Crippen molar-refractivity contribution in [1.82, 2.24) is 5.32 Å². The van der Waals surface area contributed by atoms with Gasteiger partial charge in [-0.15, -0.1) is 0 Å². The smallest absolute Gasteiger partial charge is 0.253 e. The van der Waals surface area contributed by atoms with Crippen molar-refractivity contribution in [2.75, 3.05) is 0 Å². The molecule has 5 heteroatoms. The van der Waals surface area contributed by atoms with E-state index in [0.717, 1.165) is 0 Å². The Labute approximate surface area is 92.4 Å².